The molecule has 0 saturated carbocycles. The van der Waals surface area contributed by atoms with Crippen LogP contribution in [0.4, 0.5) is 11.5 Å². The predicted octanol–water partition coefficient (Wildman–Crippen LogP) is 1.94. The van der Waals surface area contributed by atoms with Gasteiger partial charge in [-0.15, -0.1) is 0 Å². The first-order chi connectivity index (χ1) is 13.4. The maximum atomic E-state index is 12.3. The molecule has 0 saturated heterocycles. The molecule has 148 valence electrons. The molecule has 0 aliphatic carbocycles. The Kier molecular flexibility index (Phi) is 5.43. The van der Waals surface area contributed by atoms with Gasteiger partial charge in [-0.2, -0.15) is 5.10 Å². The minimum atomic E-state index is -1.02. The first-order valence-corrected chi connectivity index (χ1v) is 8.45. The van der Waals surface area contributed by atoms with Crippen molar-refractivity contribution in [2.24, 2.45) is 0 Å². The number of hydrogen-bond donors (Lipinski definition) is 1. The molecule has 2 heterocycles. The molecular formula is C17H18N4O7. The van der Waals surface area contributed by atoms with Gasteiger partial charge in [0.25, 0.3) is 11.6 Å². The molecule has 0 unspecified atom stereocenters. The van der Waals surface area contributed by atoms with Crippen molar-refractivity contribution in [1.29, 1.82) is 0 Å². The number of amides is 1. The van der Waals surface area contributed by atoms with Crippen LogP contribution in [0.1, 0.15) is 30.2 Å². The number of nitro benzene ring substituents is 1. The lowest BCUT2D eigenvalue weighted by molar-refractivity contribution is -0.385. The topological polar surface area (TPSA) is 135 Å². The number of aromatic nitrogens is 2. The Hall–Kier alpha value is -3.63. The van der Waals surface area contributed by atoms with Crippen molar-refractivity contribution in [2.75, 3.05) is 25.1 Å². The maximum Gasteiger partial charge on any atom is 0.345 e. The molecule has 28 heavy (non-hydrogen) atoms. The fourth-order valence-electron chi connectivity index (χ4n) is 2.61. The highest BCUT2D eigenvalue weighted by Gasteiger charge is 2.27. The molecule has 0 bridgehead atoms. The van der Waals surface area contributed by atoms with Crippen molar-refractivity contribution in [1.82, 2.24) is 9.78 Å². The minimum absolute atomic E-state index is 0.0215. The van der Waals surface area contributed by atoms with E-state index in [1.807, 2.05) is 13.8 Å². The number of anilines is 1. The maximum absolute atomic E-state index is 12.3. The molecule has 11 heteroatoms. The summed E-state index contributed by atoms with van der Waals surface area (Å²) in [5, 5.41) is 17.9. The summed E-state index contributed by atoms with van der Waals surface area (Å²) < 4.78 is 17.1. The lowest BCUT2D eigenvalue weighted by Gasteiger charge is -2.18. The van der Waals surface area contributed by atoms with E-state index in [9.17, 15) is 19.7 Å². The second-order valence-corrected chi connectivity index (χ2v) is 6.15. The average molecular weight is 390 g/mol. The molecule has 1 N–H and O–H groups in total. The molecule has 2 aromatic rings. The zero-order chi connectivity index (χ0) is 20.3. The third-order valence-electron chi connectivity index (χ3n) is 3.84. The number of fused-ring (bicyclic) bond motifs is 1. The number of esters is 1. The fraction of sp³-hybridized carbons (Fsp3) is 0.353. The van der Waals surface area contributed by atoms with Gasteiger partial charge in [-0.3, -0.25) is 14.9 Å². The molecule has 1 aliphatic heterocycles. The third kappa shape index (κ3) is 4.03. The van der Waals surface area contributed by atoms with E-state index in [2.05, 4.69) is 10.4 Å². The summed E-state index contributed by atoms with van der Waals surface area (Å²) in [7, 11) is 0. The molecule has 0 atom stereocenters. The van der Waals surface area contributed by atoms with Crippen LogP contribution in [-0.2, 0) is 9.53 Å². The number of nitro groups is 1. The number of hydrogen-bond acceptors (Lipinski definition) is 8. The molecule has 3 rings (SSSR count). The van der Waals surface area contributed by atoms with Crippen LogP contribution in [0.2, 0.25) is 0 Å². The van der Waals surface area contributed by atoms with E-state index >= 15 is 0 Å². The Labute approximate surface area is 159 Å². The number of carbonyl (C=O) groups excluding carboxylic acids is 2. The number of nitrogens with one attached hydrogen (secondary N) is 1. The summed E-state index contributed by atoms with van der Waals surface area (Å²) in [6, 6.07) is 3.91. The Balaban J connectivity index is 1.70. The van der Waals surface area contributed by atoms with E-state index in [-0.39, 0.29) is 36.3 Å². The summed E-state index contributed by atoms with van der Waals surface area (Å²) in [5.41, 5.74) is -0.818. The molecule has 0 fully saturated rings. The second kappa shape index (κ2) is 7.94. The number of rotatable bonds is 6. The molecule has 1 aromatic heterocycles. The SMILES string of the molecule is CC(C)n1nccc1NC(=O)COC(=O)c1cc2c(cc1[N+](=O)[O-])OCCO2. The summed E-state index contributed by atoms with van der Waals surface area (Å²) in [4.78, 5) is 34.9. The van der Waals surface area contributed by atoms with Gasteiger partial charge in [0.15, 0.2) is 18.1 Å². The largest absolute Gasteiger partial charge is 0.486 e. The summed E-state index contributed by atoms with van der Waals surface area (Å²) in [6.45, 7) is 3.67. The third-order valence-corrected chi connectivity index (χ3v) is 3.84. The normalized spacial score (nSPS) is 12.5. The van der Waals surface area contributed by atoms with Crippen molar-refractivity contribution in [3.8, 4) is 11.5 Å². The fourth-order valence-corrected chi connectivity index (χ4v) is 2.61. The van der Waals surface area contributed by atoms with E-state index in [1.165, 1.54) is 12.3 Å². The lowest BCUT2D eigenvalue weighted by Crippen LogP contribution is -2.23. The number of ether oxygens (including phenoxy) is 3. The van der Waals surface area contributed by atoms with Crippen molar-refractivity contribution < 1.29 is 28.7 Å². The Morgan fingerprint density at radius 2 is 2.00 bits per heavy atom. The summed E-state index contributed by atoms with van der Waals surface area (Å²) in [6.07, 6.45) is 1.53. The van der Waals surface area contributed by atoms with Gasteiger partial charge < -0.3 is 19.5 Å². The first-order valence-electron chi connectivity index (χ1n) is 8.45. The van der Waals surface area contributed by atoms with Crippen LogP contribution in [0.25, 0.3) is 0 Å². The van der Waals surface area contributed by atoms with Crippen LogP contribution in [0, 0.1) is 10.1 Å². The minimum Gasteiger partial charge on any atom is -0.486 e. The highest BCUT2D eigenvalue weighted by molar-refractivity contribution is 5.98. The van der Waals surface area contributed by atoms with Crippen LogP contribution in [-0.4, -0.2) is 46.4 Å². The number of benzene rings is 1. The molecule has 0 spiro atoms. The summed E-state index contributed by atoms with van der Waals surface area (Å²) in [5.74, 6) is -0.795. The van der Waals surface area contributed by atoms with Crippen LogP contribution >= 0.6 is 0 Å². The van der Waals surface area contributed by atoms with Crippen LogP contribution < -0.4 is 14.8 Å². The van der Waals surface area contributed by atoms with Gasteiger partial charge in [-0.25, -0.2) is 9.48 Å². The van der Waals surface area contributed by atoms with E-state index < -0.39 is 29.1 Å². The smallest absolute Gasteiger partial charge is 0.345 e. The van der Waals surface area contributed by atoms with Gasteiger partial charge in [0.05, 0.1) is 17.2 Å². The Morgan fingerprint density at radius 3 is 2.64 bits per heavy atom. The van der Waals surface area contributed by atoms with Gasteiger partial charge in [-0.1, -0.05) is 0 Å². The second-order valence-electron chi connectivity index (χ2n) is 6.15. The standard InChI is InChI=1S/C17H18N4O7/c1-10(2)20-15(3-4-18-20)19-16(22)9-28-17(23)11-7-13-14(27-6-5-26-13)8-12(11)21(24)25/h3-4,7-8,10H,5-6,9H2,1-2H3,(H,19,22). The molecule has 0 radical (unpaired) electrons. The van der Waals surface area contributed by atoms with E-state index in [1.54, 1.807) is 10.7 Å². The molecule has 1 aromatic carbocycles. The number of carbonyl (C=O) groups is 2. The van der Waals surface area contributed by atoms with E-state index in [0.717, 1.165) is 6.07 Å². The Morgan fingerprint density at radius 1 is 1.32 bits per heavy atom. The van der Waals surface area contributed by atoms with Crippen molar-refractivity contribution >= 4 is 23.4 Å². The average Bonchev–Trinajstić information content (AvgIpc) is 3.13. The van der Waals surface area contributed by atoms with Crippen LogP contribution in [0.3, 0.4) is 0 Å². The number of nitrogens with zero attached hydrogens (tertiary/aromatic N) is 3. The van der Waals surface area contributed by atoms with Crippen molar-refractivity contribution in [3.63, 3.8) is 0 Å². The molecular weight excluding hydrogens is 372 g/mol. The summed E-state index contributed by atoms with van der Waals surface area (Å²) >= 11 is 0. The highest BCUT2D eigenvalue weighted by Crippen LogP contribution is 2.36. The van der Waals surface area contributed by atoms with E-state index in [0.29, 0.717) is 5.82 Å². The van der Waals surface area contributed by atoms with Crippen molar-refractivity contribution in [2.45, 2.75) is 19.9 Å². The Bertz CT molecular complexity index is 922. The van der Waals surface area contributed by atoms with E-state index in [4.69, 9.17) is 14.2 Å². The molecule has 1 amide bonds. The van der Waals surface area contributed by atoms with Gasteiger partial charge in [0, 0.05) is 18.2 Å². The zero-order valence-electron chi connectivity index (χ0n) is 15.2. The van der Waals surface area contributed by atoms with Crippen LogP contribution in [0.5, 0.6) is 11.5 Å². The highest BCUT2D eigenvalue weighted by atomic mass is 16.6. The molecule has 11 nitrogen and oxygen atoms in total. The van der Waals surface area contributed by atoms with Gasteiger partial charge >= 0.3 is 5.97 Å². The quantitative estimate of drug-likeness (QED) is 0.449. The van der Waals surface area contributed by atoms with Gasteiger partial charge in [0.1, 0.15) is 24.6 Å². The monoisotopic (exact) mass is 390 g/mol. The molecule has 1 aliphatic rings. The van der Waals surface area contributed by atoms with Gasteiger partial charge in [-0.05, 0) is 13.8 Å². The van der Waals surface area contributed by atoms with Crippen molar-refractivity contribution in [3.05, 3.63) is 40.1 Å². The first kappa shape index (κ1) is 19.1. The van der Waals surface area contributed by atoms with Crippen LogP contribution in [0.15, 0.2) is 24.4 Å². The predicted molar refractivity (Wildman–Crippen MR) is 95.6 cm³/mol. The zero-order valence-corrected chi connectivity index (χ0v) is 15.2. The lowest BCUT2D eigenvalue weighted by atomic mass is 10.1. The van der Waals surface area contributed by atoms with Gasteiger partial charge in [0.2, 0.25) is 0 Å².